The molecule has 1 unspecified atom stereocenters. The van der Waals surface area contributed by atoms with Gasteiger partial charge in [-0.1, -0.05) is 45.7 Å². The maximum atomic E-state index is 12.5. The van der Waals surface area contributed by atoms with Crippen LogP contribution in [0.3, 0.4) is 0 Å². The summed E-state index contributed by atoms with van der Waals surface area (Å²) in [4.78, 5) is 24.6. The van der Waals surface area contributed by atoms with Gasteiger partial charge in [0.05, 0.1) is 12.0 Å². The summed E-state index contributed by atoms with van der Waals surface area (Å²) in [5.41, 5.74) is 0.285. The summed E-state index contributed by atoms with van der Waals surface area (Å²) in [7, 11) is 0. The van der Waals surface area contributed by atoms with Crippen LogP contribution in [0.1, 0.15) is 64.2 Å². The van der Waals surface area contributed by atoms with Gasteiger partial charge in [-0.3, -0.25) is 4.79 Å². The van der Waals surface area contributed by atoms with Crippen LogP contribution in [-0.4, -0.2) is 18.0 Å². The second-order valence-electron chi connectivity index (χ2n) is 6.36. The molecule has 0 saturated heterocycles. The molecule has 0 saturated carbocycles. The Labute approximate surface area is 139 Å². The van der Waals surface area contributed by atoms with E-state index in [1.807, 2.05) is 13.8 Å². The molecule has 0 aliphatic rings. The third-order valence-electron chi connectivity index (χ3n) is 3.64. The lowest BCUT2D eigenvalue weighted by atomic mass is 9.91. The summed E-state index contributed by atoms with van der Waals surface area (Å²) in [5, 5.41) is 0. The molecule has 0 aromatic heterocycles. The minimum Gasteiger partial charge on any atom is -0.459 e. The molecule has 0 fully saturated rings. The first kappa shape index (κ1) is 19.2. The van der Waals surface area contributed by atoms with E-state index in [1.54, 1.807) is 38.1 Å². The van der Waals surface area contributed by atoms with Crippen LogP contribution in [0.2, 0.25) is 0 Å². The summed E-state index contributed by atoms with van der Waals surface area (Å²) in [5.74, 6) is -0.449. The van der Waals surface area contributed by atoms with E-state index in [0.717, 1.165) is 19.3 Å². The van der Waals surface area contributed by atoms with E-state index in [9.17, 15) is 9.59 Å². The molecule has 0 amide bonds. The molecule has 23 heavy (non-hydrogen) atoms. The molecule has 1 rings (SSSR count). The maximum Gasteiger partial charge on any atom is 0.342 e. The van der Waals surface area contributed by atoms with E-state index in [0.29, 0.717) is 0 Å². The van der Waals surface area contributed by atoms with Crippen LogP contribution in [0, 0.1) is 11.8 Å². The van der Waals surface area contributed by atoms with Gasteiger partial charge in [0.2, 0.25) is 0 Å². The Kier molecular flexibility index (Phi) is 7.79. The number of hydrogen-bond donors (Lipinski definition) is 0. The van der Waals surface area contributed by atoms with Crippen molar-refractivity contribution in [2.24, 2.45) is 11.8 Å². The zero-order valence-electron chi connectivity index (χ0n) is 14.8. The summed E-state index contributed by atoms with van der Waals surface area (Å²) < 4.78 is 10.7. The Morgan fingerprint density at radius 1 is 1.09 bits per heavy atom. The summed E-state index contributed by atoms with van der Waals surface area (Å²) >= 11 is 0. The van der Waals surface area contributed by atoms with Gasteiger partial charge in [-0.15, -0.1) is 0 Å². The highest BCUT2D eigenvalue weighted by Crippen LogP contribution is 2.25. The van der Waals surface area contributed by atoms with Crippen LogP contribution in [0.4, 0.5) is 0 Å². The van der Waals surface area contributed by atoms with E-state index in [2.05, 4.69) is 6.92 Å². The predicted octanol–water partition coefficient (Wildman–Crippen LogP) is 4.62. The van der Waals surface area contributed by atoms with Crippen molar-refractivity contribution in [1.29, 1.82) is 0 Å². The standard InChI is InChI=1S/C19H28O4/c1-6-7-10-15(13(2)3)18(20)23-17-12-9-8-11-16(17)19(21)22-14(4)5/h8-9,11-15H,6-7,10H2,1-5H3. The van der Waals surface area contributed by atoms with Crippen molar-refractivity contribution < 1.29 is 19.1 Å². The smallest absolute Gasteiger partial charge is 0.342 e. The molecule has 0 spiro atoms. The lowest BCUT2D eigenvalue weighted by Crippen LogP contribution is -2.26. The van der Waals surface area contributed by atoms with Crippen LogP contribution in [-0.2, 0) is 9.53 Å². The number of benzene rings is 1. The molecular weight excluding hydrogens is 292 g/mol. The van der Waals surface area contributed by atoms with Crippen LogP contribution in [0.25, 0.3) is 0 Å². The van der Waals surface area contributed by atoms with Gasteiger partial charge in [-0.2, -0.15) is 0 Å². The highest BCUT2D eigenvalue weighted by Gasteiger charge is 2.25. The Bertz CT molecular complexity index is 520. The molecule has 128 valence electrons. The van der Waals surface area contributed by atoms with Gasteiger partial charge in [-0.05, 0) is 38.3 Å². The van der Waals surface area contributed by atoms with Gasteiger partial charge in [-0.25, -0.2) is 4.79 Å². The van der Waals surface area contributed by atoms with Gasteiger partial charge in [0, 0.05) is 0 Å². The summed E-state index contributed by atoms with van der Waals surface area (Å²) in [6, 6.07) is 6.71. The SMILES string of the molecule is CCCCC(C(=O)Oc1ccccc1C(=O)OC(C)C)C(C)C. The van der Waals surface area contributed by atoms with Crippen LogP contribution in [0.15, 0.2) is 24.3 Å². The van der Waals surface area contributed by atoms with E-state index in [-0.39, 0.29) is 35.2 Å². The van der Waals surface area contributed by atoms with Crippen LogP contribution >= 0.6 is 0 Å². The fraction of sp³-hybridized carbons (Fsp3) is 0.579. The normalized spacial score (nSPS) is 12.3. The second kappa shape index (κ2) is 9.33. The average Bonchev–Trinajstić information content (AvgIpc) is 2.47. The van der Waals surface area contributed by atoms with E-state index < -0.39 is 5.97 Å². The van der Waals surface area contributed by atoms with Gasteiger partial charge in [0.15, 0.2) is 0 Å². The zero-order valence-corrected chi connectivity index (χ0v) is 14.8. The third kappa shape index (κ3) is 6.05. The number of ether oxygens (including phenoxy) is 2. The summed E-state index contributed by atoms with van der Waals surface area (Å²) in [6.07, 6.45) is 2.59. The molecule has 0 aliphatic heterocycles. The topological polar surface area (TPSA) is 52.6 Å². The van der Waals surface area contributed by atoms with Crippen LogP contribution < -0.4 is 4.74 Å². The molecule has 0 bridgehead atoms. The first-order chi connectivity index (χ1) is 10.9. The Balaban J connectivity index is 2.90. The Morgan fingerprint density at radius 3 is 2.30 bits per heavy atom. The van der Waals surface area contributed by atoms with Crippen LogP contribution in [0.5, 0.6) is 5.75 Å². The molecule has 1 atom stereocenters. The molecule has 0 aliphatic carbocycles. The van der Waals surface area contributed by atoms with Gasteiger partial charge in [0.25, 0.3) is 0 Å². The first-order valence-electron chi connectivity index (χ1n) is 8.38. The molecule has 0 N–H and O–H groups in total. The van der Waals surface area contributed by atoms with Crippen molar-refractivity contribution in [2.75, 3.05) is 0 Å². The second-order valence-corrected chi connectivity index (χ2v) is 6.36. The number of unbranched alkanes of at least 4 members (excludes halogenated alkanes) is 1. The monoisotopic (exact) mass is 320 g/mol. The lowest BCUT2D eigenvalue weighted by Gasteiger charge is -2.20. The average molecular weight is 320 g/mol. The van der Waals surface area contributed by atoms with E-state index >= 15 is 0 Å². The predicted molar refractivity (Wildman–Crippen MR) is 90.5 cm³/mol. The number of carbonyl (C=O) groups is 2. The number of rotatable bonds is 8. The summed E-state index contributed by atoms with van der Waals surface area (Å²) in [6.45, 7) is 9.69. The van der Waals surface area contributed by atoms with Crippen molar-refractivity contribution in [2.45, 2.75) is 60.0 Å². The fourth-order valence-corrected chi connectivity index (χ4v) is 2.33. The molecule has 0 heterocycles. The minimum atomic E-state index is -0.474. The van der Waals surface area contributed by atoms with Crippen molar-refractivity contribution in [3.8, 4) is 5.75 Å². The number of esters is 2. The van der Waals surface area contributed by atoms with E-state index in [1.165, 1.54) is 0 Å². The Hall–Kier alpha value is -1.84. The lowest BCUT2D eigenvalue weighted by molar-refractivity contribution is -0.140. The first-order valence-corrected chi connectivity index (χ1v) is 8.38. The largest absolute Gasteiger partial charge is 0.459 e. The van der Waals surface area contributed by atoms with Crippen molar-refractivity contribution >= 4 is 11.9 Å². The highest BCUT2D eigenvalue weighted by atomic mass is 16.6. The minimum absolute atomic E-state index is 0.163. The zero-order chi connectivity index (χ0) is 17.4. The molecule has 0 radical (unpaired) electrons. The quantitative estimate of drug-likeness (QED) is 0.518. The molecule has 4 heteroatoms. The molecule has 1 aromatic rings. The van der Waals surface area contributed by atoms with Crippen molar-refractivity contribution in [1.82, 2.24) is 0 Å². The van der Waals surface area contributed by atoms with Gasteiger partial charge >= 0.3 is 11.9 Å². The van der Waals surface area contributed by atoms with Crippen molar-refractivity contribution in [3.05, 3.63) is 29.8 Å². The van der Waals surface area contributed by atoms with E-state index in [4.69, 9.17) is 9.47 Å². The van der Waals surface area contributed by atoms with Gasteiger partial charge in [0.1, 0.15) is 11.3 Å². The third-order valence-corrected chi connectivity index (χ3v) is 3.64. The highest BCUT2D eigenvalue weighted by molar-refractivity contribution is 5.93. The Morgan fingerprint density at radius 2 is 1.74 bits per heavy atom. The fourth-order valence-electron chi connectivity index (χ4n) is 2.33. The number of para-hydroxylation sites is 1. The number of carbonyl (C=O) groups excluding carboxylic acids is 2. The molecule has 4 nitrogen and oxygen atoms in total. The molecular formula is C19H28O4. The van der Waals surface area contributed by atoms with Crippen molar-refractivity contribution in [3.63, 3.8) is 0 Å². The number of hydrogen-bond acceptors (Lipinski definition) is 4. The van der Waals surface area contributed by atoms with Gasteiger partial charge < -0.3 is 9.47 Å². The molecule has 1 aromatic carbocycles. The maximum absolute atomic E-state index is 12.5.